The van der Waals surface area contributed by atoms with Crippen molar-refractivity contribution in [2.24, 2.45) is 10.9 Å². The smallest absolute Gasteiger partial charge is 0.401 e. The van der Waals surface area contributed by atoms with Gasteiger partial charge in [-0.25, -0.2) is 0 Å². The molecule has 0 aliphatic carbocycles. The molecule has 1 aromatic heterocycles. The van der Waals surface area contributed by atoms with Crippen molar-refractivity contribution in [2.45, 2.75) is 6.18 Å². The van der Waals surface area contributed by atoms with Crippen molar-refractivity contribution in [3.63, 3.8) is 0 Å². The van der Waals surface area contributed by atoms with E-state index in [4.69, 9.17) is 10.9 Å². The van der Waals surface area contributed by atoms with Crippen LogP contribution in [0.4, 0.5) is 18.9 Å². The van der Waals surface area contributed by atoms with Gasteiger partial charge in [0.1, 0.15) is 5.69 Å². The normalized spacial score (nSPS) is 18.0. The third-order valence-corrected chi connectivity index (χ3v) is 3.26. The highest BCUT2D eigenvalue weighted by Gasteiger charge is 2.32. The zero-order valence-corrected chi connectivity index (χ0v) is 11.2. The summed E-state index contributed by atoms with van der Waals surface area (Å²) in [6.45, 7) is 0.825. The van der Waals surface area contributed by atoms with Crippen LogP contribution < -0.4 is 10.6 Å². The maximum atomic E-state index is 12.3. The number of pyridine rings is 1. The second kappa shape index (κ2) is 6.17. The number of piperazine rings is 1. The molecule has 116 valence electrons. The van der Waals surface area contributed by atoms with Crippen molar-refractivity contribution in [3.05, 3.63) is 24.0 Å². The van der Waals surface area contributed by atoms with Gasteiger partial charge in [-0.15, -0.1) is 0 Å². The van der Waals surface area contributed by atoms with Crippen LogP contribution in [0.25, 0.3) is 0 Å². The number of aromatic nitrogens is 1. The molecule has 6 nitrogen and oxygen atoms in total. The molecule has 1 fully saturated rings. The second-order valence-electron chi connectivity index (χ2n) is 4.77. The molecule has 3 N–H and O–H groups in total. The van der Waals surface area contributed by atoms with Gasteiger partial charge in [0, 0.05) is 26.2 Å². The van der Waals surface area contributed by atoms with E-state index in [1.54, 1.807) is 18.3 Å². The fraction of sp³-hybridized carbons (Fsp3) is 0.500. The fourth-order valence-electron chi connectivity index (χ4n) is 2.19. The minimum Gasteiger partial charge on any atom is -0.409 e. The van der Waals surface area contributed by atoms with E-state index in [2.05, 4.69) is 10.1 Å². The number of nitrogens with zero attached hydrogens (tertiary/aromatic N) is 4. The summed E-state index contributed by atoms with van der Waals surface area (Å²) >= 11 is 0. The van der Waals surface area contributed by atoms with Gasteiger partial charge in [0.15, 0.2) is 5.84 Å². The first kappa shape index (κ1) is 15.4. The lowest BCUT2D eigenvalue weighted by Gasteiger charge is -2.36. The minimum atomic E-state index is -4.16. The Morgan fingerprint density at radius 2 is 1.95 bits per heavy atom. The third-order valence-electron chi connectivity index (χ3n) is 3.26. The number of anilines is 1. The predicted octanol–water partition coefficient (Wildman–Crippen LogP) is 0.860. The summed E-state index contributed by atoms with van der Waals surface area (Å²) in [7, 11) is 0. The highest BCUT2D eigenvalue weighted by atomic mass is 19.4. The number of alkyl halides is 3. The van der Waals surface area contributed by atoms with Crippen molar-refractivity contribution in [2.75, 3.05) is 37.6 Å². The van der Waals surface area contributed by atoms with Crippen LogP contribution in [0.3, 0.4) is 0 Å². The van der Waals surface area contributed by atoms with E-state index in [1.165, 1.54) is 4.90 Å². The average molecular weight is 303 g/mol. The monoisotopic (exact) mass is 303 g/mol. The largest absolute Gasteiger partial charge is 0.409 e. The van der Waals surface area contributed by atoms with Gasteiger partial charge in [0.05, 0.1) is 18.4 Å². The molecule has 0 spiro atoms. The maximum absolute atomic E-state index is 12.3. The molecule has 0 unspecified atom stereocenters. The van der Waals surface area contributed by atoms with E-state index >= 15 is 0 Å². The van der Waals surface area contributed by atoms with E-state index < -0.39 is 12.7 Å². The van der Waals surface area contributed by atoms with Crippen LogP contribution in [0.15, 0.2) is 23.5 Å². The van der Waals surface area contributed by atoms with Crippen LogP contribution in [0.2, 0.25) is 0 Å². The quantitative estimate of drug-likeness (QED) is 0.375. The Bertz CT molecular complexity index is 495. The second-order valence-corrected chi connectivity index (χ2v) is 4.77. The Morgan fingerprint density at radius 3 is 2.43 bits per heavy atom. The molecule has 2 rings (SSSR count). The predicted molar refractivity (Wildman–Crippen MR) is 71.5 cm³/mol. The Kier molecular flexibility index (Phi) is 4.51. The molecule has 1 aliphatic heterocycles. The molecule has 0 saturated carbocycles. The molecular weight excluding hydrogens is 287 g/mol. The summed E-state index contributed by atoms with van der Waals surface area (Å²) in [6, 6.07) is 3.35. The lowest BCUT2D eigenvalue weighted by molar-refractivity contribution is -0.146. The molecule has 1 aromatic rings. The topological polar surface area (TPSA) is 78.0 Å². The van der Waals surface area contributed by atoms with Crippen molar-refractivity contribution < 1.29 is 18.4 Å². The van der Waals surface area contributed by atoms with Crippen LogP contribution in [0.1, 0.15) is 5.69 Å². The fourth-order valence-corrected chi connectivity index (χ4v) is 2.19. The number of oxime groups is 1. The molecule has 9 heteroatoms. The highest BCUT2D eigenvalue weighted by molar-refractivity contribution is 5.95. The van der Waals surface area contributed by atoms with E-state index in [9.17, 15) is 13.2 Å². The van der Waals surface area contributed by atoms with E-state index in [0.29, 0.717) is 31.9 Å². The van der Waals surface area contributed by atoms with Crippen molar-refractivity contribution in [1.82, 2.24) is 9.88 Å². The van der Waals surface area contributed by atoms with Gasteiger partial charge < -0.3 is 15.8 Å². The highest BCUT2D eigenvalue weighted by Crippen LogP contribution is 2.20. The van der Waals surface area contributed by atoms with Crippen LogP contribution in [0, 0.1) is 0 Å². The van der Waals surface area contributed by atoms with Gasteiger partial charge in [0.2, 0.25) is 0 Å². The van der Waals surface area contributed by atoms with Gasteiger partial charge in [-0.2, -0.15) is 13.2 Å². The zero-order valence-electron chi connectivity index (χ0n) is 11.2. The average Bonchev–Trinajstić information content (AvgIpc) is 2.46. The molecular formula is C12H16F3N5O. The first-order valence-corrected chi connectivity index (χ1v) is 6.37. The molecule has 1 saturated heterocycles. The Labute approximate surface area is 119 Å². The number of hydrogen-bond acceptors (Lipinski definition) is 5. The first-order valence-electron chi connectivity index (χ1n) is 6.37. The lowest BCUT2D eigenvalue weighted by atomic mass is 10.2. The Balaban J connectivity index is 1.93. The summed E-state index contributed by atoms with van der Waals surface area (Å²) < 4.78 is 36.9. The number of amidine groups is 1. The molecule has 1 aliphatic rings. The first-order chi connectivity index (χ1) is 9.89. The van der Waals surface area contributed by atoms with Crippen molar-refractivity contribution >= 4 is 11.5 Å². The summed E-state index contributed by atoms with van der Waals surface area (Å²) in [5.41, 5.74) is 6.56. The van der Waals surface area contributed by atoms with Gasteiger partial charge >= 0.3 is 6.18 Å². The third kappa shape index (κ3) is 4.22. The van der Waals surface area contributed by atoms with E-state index in [-0.39, 0.29) is 5.84 Å². The molecule has 0 amide bonds. The number of halogens is 3. The standard InChI is InChI=1S/C12H16F3N5O/c13-12(14,15)8-19-3-5-20(6-4-19)9-1-2-10(17-7-9)11(16)18-21/h1-2,7,21H,3-6,8H2,(H2,16,18). The number of rotatable bonds is 3. The zero-order chi connectivity index (χ0) is 15.5. The Morgan fingerprint density at radius 1 is 1.29 bits per heavy atom. The van der Waals surface area contributed by atoms with Gasteiger partial charge in [-0.3, -0.25) is 9.88 Å². The van der Waals surface area contributed by atoms with Crippen molar-refractivity contribution in [1.29, 1.82) is 0 Å². The molecule has 0 bridgehead atoms. The van der Waals surface area contributed by atoms with Crippen LogP contribution in [0.5, 0.6) is 0 Å². The molecule has 0 aromatic carbocycles. The number of nitrogens with two attached hydrogens (primary N) is 1. The minimum absolute atomic E-state index is 0.0865. The van der Waals surface area contributed by atoms with E-state index in [0.717, 1.165) is 5.69 Å². The summed E-state index contributed by atoms with van der Waals surface area (Å²) in [6.07, 6.45) is -2.60. The molecule has 21 heavy (non-hydrogen) atoms. The maximum Gasteiger partial charge on any atom is 0.401 e. The lowest BCUT2D eigenvalue weighted by Crippen LogP contribution is -2.49. The van der Waals surface area contributed by atoms with Gasteiger partial charge in [-0.1, -0.05) is 5.16 Å². The van der Waals surface area contributed by atoms with Gasteiger partial charge in [0.25, 0.3) is 0 Å². The van der Waals surface area contributed by atoms with Crippen LogP contribution >= 0.6 is 0 Å². The van der Waals surface area contributed by atoms with Gasteiger partial charge in [-0.05, 0) is 12.1 Å². The summed E-state index contributed by atoms with van der Waals surface area (Å²) in [5, 5.41) is 11.4. The van der Waals surface area contributed by atoms with Crippen molar-refractivity contribution in [3.8, 4) is 0 Å². The molecule has 2 heterocycles. The van der Waals surface area contributed by atoms with Crippen LogP contribution in [-0.2, 0) is 0 Å². The SMILES string of the molecule is N/C(=N/O)c1ccc(N2CCN(CC(F)(F)F)CC2)cn1. The van der Waals surface area contributed by atoms with Crippen LogP contribution in [-0.4, -0.2) is 59.8 Å². The summed E-state index contributed by atoms with van der Waals surface area (Å²) in [5.74, 6) is -0.0865. The van der Waals surface area contributed by atoms with E-state index in [1.807, 2.05) is 4.90 Å². The summed E-state index contributed by atoms with van der Waals surface area (Å²) in [4.78, 5) is 7.39. The number of hydrogen-bond donors (Lipinski definition) is 2. The molecule has 0 radical (unpaired) electrons. The Hall–Kier alpha value is -2.03. The molecule has 0 atom stereocenters.